The van der Waals surface area contributed by atoms with E-state index in [0.29, 0.717) is 23.6 Å². The number of aromatic hydroxyl groups is 1. The van der Waals surface area contributed by atoms with Crippen molar-refractivity contribution < 1.29 is 23.1 Å². The zero-order valence-electron chi connectivity index (χ0n) is 16.8. The molecule has 0 saturated carbocycles. The molecular formula is C20H25N3O5S. The van der Waals surface area contributed by atoms with Crippen LogP contribution in [0, 0.1) is 13.8 Å². The Morgan fingerprint density at radius 3 is 2.48 bits per heavy atom. The maximum absolute atomic E-state index is 12.3. The number of sulfonamides is 1. The van der Waals surface area contributed by atoms with Crippen molar-refractivity contribution in [3.05, 3.63) is 53.1 Å². The number of hydrogen-bond acceptors (Lipinski definition) is 6. The molecule has 0 aromatic heterocycles. The average Bonchev–Trinajstić information content (AvgIpc) is 2.62. The minimum absolute atomic E-state index is 0.00503. The average molecular weight is 420 g/mol. The van der Waals surface area contributed by atoms with Crippen LogP contribution in [0.2, 0.25) is 0 Å². The SMILES string of the molecule is CCOc1cc(/C=N/NC(=O)CN(c2c(C)cccc2C)S(C)(=O)=O)ccc1O. The maximum Gasteiger partial charge on any atom is 0.260 e. The molecule has 0 atom stereocenters. The van der Waals surface area contributed by atoms with Gasteiger partial charge in [-0.15, -0.1) is 0 Å². The number of carbonyl (C=O) groups is 1. The zero-order chi connectivity index (χ0) is 21.6. The highest BCUT2D eigenvalue weighted by Gasteiger charge is 2.23. The van der Waals surface area contributed by atoms with Crippen molar-refractivity contribution in [1.29, 1.82) is 0 Å². The Kier molecular flexibility index (Phi) is 7.22. The van der Waals surface area contributed by atoms with E-state index in [4.69, 9.17) is 4.74 Å². The van der Waals surface area contributed by atoms with Crippen molar-refractivity contribution in [2.45, 2.75) is 20.8 Å². The van der Waals surface area contributed by atoms with Crippen LogP contribution >= 0.6 is 0 Å². The van der Waals surface area contributed by atoms with E-state index in [2.05, 4.69) is 10.5 Å². The molecule has 0 aliphatic carbocycles. The number of benzene rings is 2. The van der Waals surface area contributed by atoms with Crippen molar-refractivity contribution in [3.8, 4) is 11.5 Å². The van der Waals surface area contributed by atoms with Gasteiger partial charge in [-0.05, 0) is 55.7 Å². The Balaban J connectivity index is 2.14. The fourth-order valence-electron chi connectivity index (χ4n) is 2.79. The monoisotopic (exact) mass is 419 g/mol. The summed E-state index contributed by atoms with van der Waals surface area (Å²) in [5.41, 5.74) is 4.91. The van der Waals surface area contributed by atoms with E-state index >= 15 is 0 Å². The number of rotatable bonds is 8. The summed E-state index contributed by atoms with van der Waals surface area (Å²) in [5, 5.41) is 13.6. The molecular weight excluding hydrogens is 394 g/mol. The van der Waals surface area contributed by atoms with Crippen molar-refractivity contribution in [2.24, 2.45) is 5.10 Å². The van der Waals surface area contributed by atoms with Gasteiger partial charge in [0, 0.05) is 0 Å². The molecule has 0 aliphatic rings. The van der Waals surface area contributed by atoms with E-state index in [9.17, 15) is 18.3 Å². The van der Waals surface area contributed by atoms with Crippen molar-refractivity contribution in [1.82, 2.24) is 5.43 Å². The van der Waals surface area contributed by atoms with E-state index < -0.39 is 22.5 Å². The first-order valence-electron chi connectivity index (χ1n) is 8.95. The first-order valence-corrected chi connectivity index (χ1v) is 10.8. The predicted molar refractivity (Wildman–Crippen MR) is 113 cm³/mol. The lowest BCUT2D eigenvalue weighted by atomic mass is 10.1. The zero-order valence-corrected chi connectivity index (χ0v) is 17.7. The summed E-state index contributed by atoms with van der Waals surface area (Å²) in [6.07, 6.45) is 2.44. The topological polar surface area (TPSA) is 108 Å². The lowest BCUT2D eigenvalue weighted by Crippen LogP contribution is -2.39. The fraction of sp³-hybridized carbons (Fsp3) is 0.300. The summed E-state index contributed by atoms with van der Waals surface area (Å²) in [7, 11) is -3.68. The van der Waals surface area contributed by atoms with E-state index in [1.165, 1.54) is 12.3 Å². The van der Waals surface area contributed by atoms with Crippen LogP contribution in [-0.4, -0.2) is 45.1 Å². The molecule has 0 fully saturated rings. The molecule has 0 aliphatic heterocycles. The van der Waals surface area contributed by atoms with E-state index in [1.54, 1.807) is 45.0 Å². The van der Waals surface area contributed by atoms with E-state index in [0.717, 1.165) is 21.7 Å². The summed E-state index contributed by atoms with van der Waals surface area (Å²) < 4.78 is 30.9. The van der Waals surface area contributed by atoms with Crippen LogP contribution < -0.4 is 14.5 Å². The minimum Gasteiger partial charge on any atom is -0.504 e. The number of nitrogens with one attached hydrogen (secondary N) is 1. The molecule has 29 heavy (non-hydrogen) atoms. The number of aryl methyl sites for hydroxylation is 2. The number of amides is 1. The van der Waals surface area contributed by atoms with Gasteiger partial charge in [-0.2, -0.15) is 5.10 Å². The molecule has 2 rings (SSSR count). The number of hydrogen-bond donors (Lipinski definition) is 2. The molecule has 1 amide bonds. The fourth-order valence-corrected chi connectivity index (χ4v) is 3.76. The summed E-state index contributed by atoms with van der Waals surface area (Å²) >= 11 is 0. The number of hydrazone groups is 1. The molecule has 0 saturated heterocycles. The van der Waals surface area contributed by atoms with Crippen molar-refractivity contribution >= 4 is 27.8 Å². The van der Waals surface area contributed by atoms with Crippen LogP contribution in [0.1, 0.15) is 23.6 Å². The van der Waals surface area contributed by atoms with Gasteiger partial charge in [0.1, 0.15) is 6.54 Å². The molecule has 9 heteroatoms. The molecule has 2 aromatic carbocycles. The Morgan fingerprint density at radius 1 is 1.24 bits per heavy atom. The normalized spacial score (nSPS) is 11.4. The molecule has 0 heterocycles. The van der Waals surface area contributed by atoms with Crippen LogP contribution in [0.15, 0.2) is 41.5 Å². The molecule has 156 valence electrons. The van der Waals surface area contributed by atoms with Crippen LogP contribution in [0.4, 0.5) is 5.69 Å². The minimum atomic E-state index is -3.68. The van der Waals surface area contributed by atoms with Crippen LogP contribution in [0.3, 0.4) is 0 Å². The maximum atomic E-state index is 12.3. The van der Waals surface area contributed by atoms with Crippen molar-refractivity contribution in [3.63, 3.8) is 0 Å². The van der Waals surface area contributed by atoms with E-state index in [-0.39, 0.29) is 5.75 Å². The second-order valence-electron chi connectivity index (χ2n) is 6.46. The molecule has 2 N–H and O–H groups in total. The number of para-hydroxylation sites is 1. The van der Waals surface area contributed by atoms with Gasteiger partial charge in [0.25, 0.3) is 5.91 Å². The van der Waals surface area contributed by atoms with Gasteiger partial charge >= 0.3 is 0 Å². The Bertz CT molecular complexity index is 999. The van der Waals surface area contributed by atoms with Gasteiger partial charge in [0.2, 0.25) is 10.0 Å². The number of phenolic OH excluding ortho intramolecular Hbond substituents is 1. The molecule has 2 aromatic rings. The highest BCUT2D eigenvalue weighted by molar-refractivity contribution is 7.92. The third-order valence-electron chi connectivity index (χ3n) is 4.06. The van der Waals surface area contributed by atoms with Crippen LogP contribution in [0.25, 0.3) is 0 Å². The summed E-state index contributed by atoms with van der Waals surface area (Å²) in [6.45, 7) is 5.37. The Morgan fingerprint density at radius 2 is 1.90 bits per heavy atom. The number of nitrogens with zero attached hydrogens (tertiary/aromatic N) is 2. The van der Waals surface area contributed by atoms with Crippen molar-refractivity contribution in [2.75, 3.05) is 23.7 Å². The molecule has 8 nitrogen and oxygen atoms in total. The number of carbonyl (C=O) groups excluding carboxylic acids is 1. The number of anilines is 1. The first kappa shape index (κ1) is 22.2. The molecule has 0 spiro atoms. The third-order valence-corrected chi connectivity index (χ3v) is 5.18. The molecule has 0 radical (unpaired) electrons. The Hall–Kier alpha value is -3.07. The third kappa shape index (κ3) is 5.95. The first-order chi connectivity index (χ1) is 13.6. The second kappa shape index (κ2) is 9.42. The van der Waals surface area contributed by atoms with Crippen LogP contribution in [0.5, 0.6) is 11.5 Å². The predicted octanol–water partition coefficient (Wildman–Crippen LogP) is 2.32. The quantitative estimate of drug-likeness (QED) is 0.504. The summed E-state index contributed by atoms with van der Waals surface area (Å²) in [5.74, 6) is -0.273. The van der Waals surface area contributed by atoms with Gasteiger partial charge in [-0.3, -0.25) is 9.10 Å². The lowest BCUT2D eigenvalue weighted by molar-refractivity contribution is -0.119. The van der Waals surface area contributed by atoms with Gasteiger partial charge in [0.15, 0.2) is 11.5 Å². The molecule has 0 bridgehead atoms. The smallest absolute Gasteiger partial charge is 0.260 e. The van der Waals surface area contributed by atoms with E-state index in [1.807, 2.05) is 6.07 Å². The van der Waals surface area contributed by atoms with Gasteiger partial charge in [0.05, 0.1) is 24.8 Å². The number of phenols is 1. The lowest BCUT2D eigenvalue weighted by Gasteiger charge is -2.25. The standard InChI is InChI=1S/C20H25N3O5S/c1-5-28-18-11-16(9-10-17(18)24)12-21-22-19(25)13-23(29(4,26)27)20-14(2)7-6-8-15(20)3/h6-12,24H,5,13H2,1-4H3,(H,22,25)/b21-12+. The second-order valence-corrected chi connectivity index (χ2v) is 8.37. The van der Waals surface area contributed by atoms with Gasteiger partial charge < -0.3 is 9.84 Å². The highest BCUT2D eigenvalue weighted by atomic mass is 32.2. The summed E-state index contributed by atoms with van der Waals surface area (Å²) in [6, 6.07) is 10.0. The largest absolute Gasteiger partial charge is 0.504 e. The summed E-state index contributed by atoms with van der Waals surface area (Å²) in [4.78, 5) is 12.3. The highest BCUT2D eigenvalue weighted by Crippen LogP contribution is 2.27. The Labute approximate surface area is 170 Å². The molecule has 0 unspecified atom stereocenters. The van der Waals surface area contributed by atoms with Crippen LogP contribution in [-0.2, 0) is 14.8 Å². The van der Waals surface area contributed by atoms with Gasteiger partial charge in [-0.1, -0.05) is 18.2 Å². The van der Waals surface area contributed by atoms with Gasteiger partial charge in [-0.25, -0.2) is 13.8 Å². The number of ether oxygens (including phenoxy) is 1.